The van der Waals surface area contributed by atoms with E-state index >= 15 is 0 Å². The zero-order valence-electron chi connectivity index (χ0n) is 34.6. The molecule has 278 valence electrons. The summed E-state index contributed by atoms with van der Waals surface area (Å²) in [5.41, 5.74) is 16.2. The summed E-state index contributed by atoms with van der Waals surface area (Å²) in [7, 11) is 0. The average molecular weight is 781 g/mol. The molecule has 0 saturated heterocycles. The molecule has 0 fully saturated rings. The Morgan fingerprint density at radius 1 is 0.418 bits per heavy atom. The number of nitrogens with zero attached hydrogens (tertiary/aromatic N) is 2. The molecule has 2 aliphatic heterocycles. The molecule has 6 aromatic rings. The van der Waals surface area contributed by atoms with E-state index in [0.29, 0.717) is 27.3 Å². The quantitative estimate of drug-likeness (QED) is 0.142. The van der Waals surface area contributed by atoms with Crippen molar-refractivity contribution in [3.63, 3.8) is 0 Å². The molecule has 2 aliphatic rings. The predicted molar refractivity (Wildman–Crippen MR) is 244 cm³/mol. The molecule has 55 heavy (non-hydrogen) atoms. The molecule has 0 atom stereocenters. The number of hydrogen-bond acceptors (Lipinski definition) is 2. The third-order valence-corrected chi connectivity index (χ3v) is 26.0. The molecule has 8 rings (SSSR count). The number of anilines is 6. The number of fused-ring (bicyclic) bond motifs is 4. The Morgan fingerprint density at radius 3 is 1.42 bits per heavy atom. The van der Waals surface area contributed by atoms with Crippen LogP contribution in [0.1, 0.15) is 104 Å². The van der Waals surface area contributed by atoms with E-state index in [1.54, 1.807) is 8.79 Å². The molecule has 4 heteroatoms. The van der Waals surface area contributed by atoms with Gasteiger partial charge in [0.1, 0.15) is 0 Å². The van der Waals surface area contributed by atoms with Gasteiger partial charge in [0.25, 0.3) is 0 Å². The zero-order chi connectivity index (χ0) is 38.8. The van der Waals surface area contributed by atoms with E-state index in [4.69, 9.17) is 0 Å². The Bertz CT molecular complexity index is 2270. The van der Waals surface area contributed by atoms with Crippen LogP contribution in [0.25, 0.3) is 0 Å². The van der Waals surface area contributed by atoms with E-state index in [9.17, 15) is 0 Å². The van der Waals surface area contributed by atoms with Crippen molar-refractivity contribution in [3.05, 3.63) is 150 Å². The van der Waals surface area contributed by atoms with Gasteiger partial charge in [0.2, 0.25) is 0 Å². The summed E-state index contributed by atoms with van der Waals surface area (Å²) < 4.78 is 4.40. The third-order valence-electron chi connectivity index (χ3n) is 12.8. The van der Waals surface area contributed by atoms with Crippen molar-refractivity contribution in [1.82, 2.24) is 0 Å². The summed E-state index contributed by atoms with van der Waals surface area (Å²) in [5, 5.41) is 0. The summed E-state index contributed by atoms with van der Waals surface area (Å²) in [5.74, 6) is 1.25. The minimum absolute atomic E-state index is 0.0988. The van der Waals surface area contributed by atoms with E-state index in [-0.39, 0.29) is 6.71 Å². The fraction of sp³-hybridized carbons (Fsp3) is 0.294. The Labute approximate surface area is 334 Å². The summed E-state index contributed by atoms with van der Waals surface area (Å²) in [6.45, 7) is 24.2. The molecule has 0 saturated carbocycles. The van der Waals surface area contributed by atoms with Crippen LogP contribution < -0.4 is 35.0 Å². The van der Waals surface area contributed by atoms with E-state index in [2.05, 4.69) is 212 Å². The monoisotopic (exact) mass is 782 g/mol. The summed E-state index contributed by atoms with van der Waals surface area (Å²) in [6, 6.07) is 51.4. The van der Waals surface area contributed by atoms with Gasteiger partial charge in [0.15, 0.2) is 0 Å². The van der Waals surface area contributed by atoms with Crippen LogP contribution in [0.5, 0.6) is 0 Å². The second kappa shape index (κ2) is 14.6. The van der Waals surface area contributed by atoms with Gasteiger partial charge in [-0.3, -0.25) is 0 Å². The van der Waals surface area contributed by atoms with Crippen LogP contribution in [0, 0.1) is 0 Å². The Morgan fingerprint density at radius 2 is 0.891 bits per heavy atom. The van der Waals surface area contributed by atoms with Crippen molar-refractivity contribution in [3.8, 4) is 0 Å². The van der Waals surface area contributed by atoms with Crippen molar-refractivity contribution in [1.29, 1.82) is 0 Å². The molecular formula is C51H57BGeN2. The van der Waals surface area contributed by atoms with Crippen LogP contribution in [0.4, 0.5) is 34.1 Å². The van der Waals surface area contributed by atoms with E-state index in [1.807, 2.05) is 0 Å². The van der Waals surface area contributed by atoms with Gasteiger partial charge in [0, 0.05) is 0 Å². The molecule has 0 spiro atoms. The molecule has 6 aromatic carbocycles. The van der Waals surface area contributed by atoms with Gasteiger partial charge in [-0.25, -0.2) is 0 Å². The summed E-state index contributed by atoms with van der Waals surface area (Å²) >= 11 is -2.86. The number of para-hydroxylation sites is 4. The Hall–Kier alpha value is -4.47. The maximum absolute atomic E-state index is 2.86. The van der Waals surface area contributed by atoms with Crippen LogP contribution in [-0.2, 0) is 0 Å². The predicted octanol–water partition coefficient (Wildman–Crippen LogP) is 11.5. The average Bonchev–Trinajstić information content (AvgIpc) is 3.18. The van der Waals surface area contributed by atoms with Crippen molar-refractivity contribution >= 4 is 79.3 Å². The molecule has 0 N–H and O–H groups in total. The van der Waals surface area contributed by atoms with Gasteiger partial charge in [0.05, 0.1) is 0 Å². The fourth-order valence-corrected chi connectivity index (χ4v) is 23.1. The van der Waals surface area contributed by atoms with Gasteiger partial charge in [-0.2, -0.15) is 0 Å². The maximum atomic E-state index is 2.59. The normalized spacial score (nSPS) is 14.5. The SMILES string of the molecule is CC(C)c1cc(C(C)C)c(B2c3ccccc3N(c3ccccc3)c3cc(N4c5cccc[c]5[Ge]([CH](C)C)([CH](C)C)[c]5ccccc54)ccc32)c(C(C)C)c1. The standard InChI is InChI=1S/C51H57BGeN2/c1-33(2)38-30-41(34(3)4)51(42(31-38)35(5)6)52-43-22-14-17-25-47(43)54(39-20-12-11-13-21-39)50-32-40(28-29-44(50)52)55-48-26-18-15-23-45(48)53(36(7)8,37(9)10)46-24-16-19-27-49(46)55/h11-37H,1-10H3. The van der Waals surface area contributed by atoms with Gasteiger partial charge in [-0.15, -0.1) is 0 Å². The Kier molecular flexibility index (Phi) is 9.91. The first kappa shape index (κ1) is 37.5. The Balaban J connectivity index is 1.44. The van der Waals surface area contributed by atoms with Gasteiger partial charge < -0.3 is 0 Å². The van der Waals surface area contributed by atoms with Crippen LogP contribution >= 0.6 is 0 Å². The fourth-order valence-electron chi connectivity index (χ4n) is 10.4. The van der Waals surface area contributed by atoms with E-state index in [1.165, 1.54) is 67.2 Å². The molecule has 0 bridgehead atoms. The molecular weight excluding hydrogens is 724 g/mol. The first-order valence-electron chi connectivity index (χ1n) is 20.7. The molecule has 0 unspecified atom stereocenters. The third kappa shape index (κ3) is 5.92. The van der Waals surface area contributed by atoms with Crippen LogP contribution in [0.15, 0.2) is 133 Å². The molecule has 2 nitrogen and oxygen atoms in total. The van der Waals surface area contributed by atoms with Gasteiger partial charge in [-0.05, 0) is 5.92 Å². The van der Waals surface area contributed by atoms with E-state index in [0.717, 1.165) is 0 Å². The van der Waals surface area contributed by atoms with E-state index < -0.39 is 13.3 Å². The van der Waals surface area contributed by atoms with Gasteiger partial charge in [-0.1, -0.05) is 13.8 Å². The number of benzene rings is 6. The molecule has 0 radical (unpaired) electrons. The molecule has 0 aliphatic carbocycles. The molecule has 0 amide bonds. The van der Waals surface area contributed by atoms with Crippen molar-refractivity contribution in [2.45, 2.75) is 96.5 Å². The van der Waals surface area contributed by atoms with Crippen molar-refractivity contribution < 1.29 is 0 Å². The van der Waals surface area contributed by atoms with Crippen LogP contribution in [0.3, 0.4) is 0 Å². The minimum atomic E-state index is -2.86. The second-order valence-electron chi connectivity index (χ2n) is 17.5. The molecule has 0 aromatic heterocycles. The van der Waals surface area contributed by atoms with Crippen LogP contribution in [-0.4, -0.2) is 20.0 Å². The topological polar surface area (TPSA) is 6.48 Å². The van der Waals surface area contributed by atoms with Crippen molar-refractivity contribution in [2.75, 3.05) is 9.80 Å². The second-order valence-corrected chi connectivity index (χ2v) is 28.3. The summed E-state index contributed by atoms with van der Waals surface area (Å²) in [6.07, 6.45) is 0. The van der Waals surface area contributed by atoms with Crippen molar-refractivity contribution in [2.24, 2.45) is 0 Å². The first-order valence-corrected chi connectivity index (χ1v) is 25.2. The zero-order valence-corrected chi connectivity index (χ0v) is 36.7. The first-order chi connectivity index (χ1) is 26.5. The summed E-state index contributed by atoms with van der Waals surface area (Å²) in [4.78, 5) is 5.12. The number of rotatable bonds is 8. The van der Waals surface area contributed by atoms with Crippen LogP contribution in [0.2, 0.25) is 9.50 Å². The molecule has 2 heterocycles. The number of hydrogen-bond donors (Lipinski definition) is 0. The van der Waals surface area contributed by atoms with Gasteiger partial charge >= 0.3 is 316 Å².